The Labute approximate surface area is 203 Å². The summed E-state index contributed by atoms with van der Waals surface area (Å²) in [7, 11) is 2.18. The van der Waals surface area contributed by atoms with Gasteiger partial charge in [-0.1, -0.05) is 0 Å². The van der Waals surface area contributed by atoms with Crippen LogP contribution in [0.4, 0.5) is 11.5 Å². The Morgan fingerprint density at radius 1 is 1.00 bits per heavy atom. The lowest BCUT2D eigenvalue weighted by Gasteiger charge is -2.34. The van der Waals surface area contributed by atoms with Crippen molar-refractivity contribution in [1.29, 1.82) is 0 Å². The number of ether oxygens (including phenoxy) is 1. The molecule has 0 spiro atoms. The number of rotatable bonds is 8. The van der Waals surface area contributed by atoms with E-state index < -0.39 is 0 Å². The Bertz CT molecular complexity index is 925. The van der Waals surface area contributed by atoms with Gasteiger partial charge in [-0.25, -0.2) is 9.97 Å². The lowest BCUT2D eigenvalue weighted by atomic mass is 10.1. The summed E-state index contributed by atoms with van der Waals surface area (Å²) in [6.45, 7) is 10.3. The number of benzene rings is 1. The smallest absolute Gasteiger partial charge is 0.161 e. The summed E-state index contributed by atoms with van der Waals surface area (Å²) in [5, 5.41) is 9.64. The Morgan fingerprint density at radius 3 is 2.50 bits per heavy atom. The predicted octanol–water partition coefficient (Wildman–Crippen LogP) is 1.73. The molecule has 2 saturated heterocycles. The molecule has 0 amide bonds. The molecule has 184 valence electrons. The van der Waals surface area contributed by atoms with Crippen molar-refractivity contribution < 1.29 is 9.84 Å². The molecule has 3 aliphatic rings. The van der Waals surface area contributed by atoms with Gasteiger partial charge in [-0.05, 0) is 50.6 Å². The van der Waals surface area contributed by atoms with Crippen LogP contribution in [0, 0.1) is 0 Å². The molecule has 1 atom stereocenters. The molecule has 2 aromatic rings. The average Bonchev–Trinajstić information content (AvgIpc) is 3.22. The summed E-state index contributed by atoms with van der Waals surface area (Å²) in [5.41, 5.74) is 3.52. The van der Waals surface area contributed by atoms with Crippen LogP contribution in [-0.4, -0.2) is 110 Å². The number of morpholine rings is 1. The second kappa shape index (κ2) is 11.0. The second-order valence-corrected chi connectivity index (χ2v) is 9.75. The van der Waals surface area contributed by atoms with E-state index in [1.54, 1.807) is 0 Å². The summed E-state index contributed by atoms with van der Waals surface area (Å²) in [6.07, 6.45) is 4.76. The molecule has 8 heteroatoms. The summed E-state index contributed by atoms with van der Waals surface area (Å²) in [6, 6.07) is 9.00. The van der Waals surface area contributed by atoms with Crippen molar-refractivity contribution in [3.05, 3.63) is 36.0 Å². The van der Waals surface area contributed by atoms with Crippen LogP contribution in [0.2, 0.25) is 0 Å². The summed E-state index contributed by atoms with van der Waals surface area (Å²) in [5.74, 6) is 1.83. The van der Waals surface area contributed by atoms with Gasteiger partial charge in [-0.15, -0.1) is 0 Å². The molecule has 0 aliphatic carbocycles. The van der Waals surface area contributed by atoms with Crippen molar-refractivity contribution >= 4 is 11.5 Å². The third-order valence-corrected chi connectivity index (χ3v) is 7.44. The highest BCUT2D eigenvalue weighted by molar-refractivity contribution is 5.64. The fraction of sp³-hybridized carbons (Fsp3) is 0.615. The minimum absolute atomic E-state index is 0.201. The zero-order chi connectivity index (χ0) is 23.3. The number of aromatic nitrogens is 2. The fourth-order valence-electron chi connectivity index (χ4n) is 5.34. The molecule has 8 nitrogen and oxygen atoms in total. The maximum Gasteiger partial charge on any atom is 0.161 e. The molecule has 3 aliphatic heterocycles. The number of aliphatic hydroxyl groups excluding tert-OH is 1. The van der Waals surface area contributed by atoms with Crippen molar-refractivity contribution in [2.24, 2.45) is 0 Å². The van der Waals surface area contributed by atoms with E-state index in [-0.39, 0.29) is 6.61 Å². The number of piperazine rings is 1. The van der Waals surface area contributed by atoms with Crippen molar-refractivity contribution in [2.75, 3.05) is 89.0 Å². The monoisotopic (exact) mass is 466 g/mol. The SMILES string of the molecule is CN1CCN(c2ccc(-c3ncc4c(n3)N(CCCN3CCOCC3)C(CCO)C4)cc2)CC1. The van der Waals surface area contributed by atoms with Crippen LogP contribution in [0.1, 0.15) is 18.4 Å². The first kappa shape index (κ1) is 23.5. The predicted molar refractivity (Wildman–Crippen MR) is 136 cm³/mol. The highest BCUT2D eigenvalue weighted by Gasteiger charge is 2.31. The number of anilines is 2. The van der Waals surface area contributed by atoms with E-state index in [1.807, 2.05) is 6.20 Å². The highest BCUT2D eigenvalue weighted by atomic mass is 16.5. The number of hydrogen-bond donors (Lipinski definition) is 1. The zero-order valence-electron chi connectivity index (χ0n) is 20.4. The van der Waals surface area contributed by atoms with E-state index in [4.69, 9.17) is 14.7 Å². The van der Waals surface area contributed by atoms with Crippen molar-refractivity contribution in [3.63, 3.8) is 0 Å². The van der Waals surface area contributed by atoms with Crippen molar-refractivity contribution in [2.45, 2.75) is 25.3 Å². The molecule has 0 saturated carbocycles. The van der Waals surface area contributed by atoms with Gasteiger partial charge in [0, 0.05) is 88.0 Å². The Morgan fingerprint density at radius 2 is 1.76 bits per heavy atom. The normalized spacial score (nSPS) is 21.8. The standard InChI is InChI=1S/C26H38N6O2/c1-29-10-12-31(13-11-29)23-5-3-21(4-6-23)25-27-20-22-19-24(7-16-33)32(26(22)28-25)9-2-8-30-14-17-34-18-15-30/h3-6,20,24,33H,2,7-19H2,1H3. The first-order chi connectivity index (χ1) is 16.7. The Hall–Kier alpha value is -2.26. The molecule has 34 heavy (non-hydrogen) atoms. The lowest BCUT2D eigenvalue weighted by molar-refractivity contribution is 0.0376. The molecule has 4 heterocycles. The van der Waals surface area contributed by atoms with Gasteiger partial charge < -0.3 is 24.5 Å². The summed E-state index contributed by atoms with van der Waals surface area (Å²) < 4.78 is 5.47. The molecule has 0 bridgehead atoms. The van der Waals surface area contributed by atoms with Gasteiger partial charge in [0.1, 0.15) is 5.82 Å². The quantitative estimate of drug-likeness (QED) is 0.631. The van der Waals surface area contributed by atoms with Crippen LogP contribution in [0.3, 0.4) is 0 Å². The molecule has 1 N–H and O–H groups in total. The van der Waals surface area contributed by atoms with E-state index in [2.05, 4.69) is 50.9 Å². The van der Waals surface area contributed by atoms with Crippen LogP contribution in [0.25, 0.3) is 11.4 Å². The van der Waals surface area contributed by atoms with E-state index >= 15 is 0 Å². The van der Waals surface area contributed by atoms with Gasteiger partial charge in [0.2, 0.25) is 0 Å². The molecule has 2 fully saturated rings. The van der Waals surface area contributed by atoms with Crippen LogP contribution in [0.15, 0.2) is 30.5 Å². The van der Waals surface area contributed by atoms with E-state index in [0.29, 0.717) is 6.04 Å². The van der Waals surface area contributed by atoms with Gasteiger partial charge in [0.25, 0.3) is 0 Å². The van der Waals surface area contributed by atoms with Gasteiger partial charge in [-0.3, -0.25) is 4.90 Å². The minimum Gasteiger partial charge on any atom is -0.396 e. The van der Waals surface area contributed by atoms with E-state index in [9.17, 15) is 5.11 Å². The largest absolute Gasteiger partial charge is 0.396 e. The van der Waals surface area contributed by atoms with Crippen molar-refractivity contribution in [3.8, 4) is 11.4 Å². The van der Waals surface area contributed by atoms with Crippen LogP contribution in [-0.2, 0) is 11.2 Å². The molecule has 1 aromatic heterocycles. The summed E-state index contributed by atoms with van der Waals surface area (Å²) >= 11 is 0. The van der Waals surface area contributed by atoms with Gasteiger partial charge >= 0.3 is 0 Å². The fourth-order valence-corrected chi connectivity index (χ4v) is 5.34. The maximum atomic E-state index is 9.64. The Balaban J connectivity index is 1.28. The van der Waals surface area contributed by atoms with E-state index in [1.165, 1.54) is 11.3 Å². The topological polar surface area (TPSA) is 68.2 Å². The van der Waals surface area contributed by atoms with Crippen molar-refractivity contribution in [1.82, 2.24) is 19.8 Å². The second-order valence-electron chi connectivity index (χ2n) is 9.75. The Kier molecular flexibility index (Phi) is 7.59. The lowest BCUT2D eigenvalue weighted by Crippen LogP contribution is -2.44. The minimum atomic E-state index is 0.201. The van der Waals surface area contributed by atoms with Crippen LogP contribution >= 0.6 is 0 Å². The molecule has 1 aromatic carbocycles. The maximum absolute atomic E-state index is 9.64. The molecule has 1 unspecified atom stereocenters. The number of fused-ring (bicyclic) bond motifs is 1. The number of nitrogens with zero attached hydrogens (tertiary/aromatic N) is 6. The van der Waals surface area contributed by atoms with Gasteiger partial charge in [0.05, 0.1) is 13.2 Å². The molecule has 0 radical (unpaired) electrons. The van der Waals surface area contributed by atoms with Crippen LogP contribution in [0.5, 0.6) is 0 Å². The number of hydrogen-bond acceptors (Lipinski definition) is 8. The third kappa shape index (κ3) is 5.35. The average molecular weight is 467 g/mol. The molecule has 5 rings (SSSR count). The number of aliphatic hydroxyl groups is 1. The highest BCUT2D eigenvalue weighted by Crippen LogP contribution is 2.33. The first-order valence-electron chi connectivity index (χ1n) is 12.8. The molecular weight excluding hydrogens is 428 g/mol. The molecular formula is C26H38N6O2. The first-order valence-corrected chi connectivity index (χ1v) is 12.8. The third-order valence-electron chi connectivity index (χ3n) is 7.44. The van der Waals surface area contributed by atoms with Gasteiger partial charge in [-0.2, -0.15) is 0 Å². The zero-order valence-corrected chi connectivity index (χ0v) is 20.4. The van der Waals surface area contributed by atoms with Gasteiger partial charge in [0.15, 0.2) is 5.82 Å². The van der Waals surface area contributed by atoms with Crippen LogP contribution < -0.4 is 9.80 Å². The number of likely N-dealkylation sites (N-methyl/N-ethyl adjacent to an activating group) is 1. The van der Waals surface area contributed by atoms with E-state index in [0.717, 1.165) is 102 Å². The summed E-state index contributed by atoms with van der Waals surface area (Å²) in [4.78, 5) is 19.5.